The van der Waals surface area contributed by atoms with Crippen LogP contribution in [0.2, 0.25) is 0 Å². The molecule has 1 amide bonds. The fraction of sp³-hybridized carbons (Fsp3) is 0.143. The second kappa shape index (κ2) is 7.14. The number of carbonyl (C=O) groups excluding carboxylic acids is 1. The van der Waals surface area contributed by atoms with Crippen LogP contribution >= 0.6 is 11.3 Å². The average molecular weight is 361 g/mol. The minimum absolute atomic E-state index is 0.0344. The standard InChI is InChI=1S/C21H19N3OS/c1-15-8-10-24-13-19(23-20(24)12-15)17-3-5-18(6-4-17)22-21(25)7-2-16-9-11-26-14-16/h3-6,8-14H,2,7H2,1H3,(H,22,25). The molecule has 0 aliphatic carbocycles. The van der Waals surface area contributed by atoms with E-state index in [1.54, 1.807) is 11.3 Å². The van der Waals surface area contributed by atoms with Crippen LogP contribution in [0.15, 0.2) is 65.6 Å². The van der Waals surface area contributed by atoms with E-state index < -0.39 is 0 Å². The third-order valence-electron chi connectivity index (χ3n) is 4.30. The van der Waals surface area contributed by atoms with E-state index in [1.165, 1.54) is 11.1 Å². The number of nitrogens with one attached hydrogen (secondary N) is 1. The number of anilines is 1. The molecule has 0 fully saturated rings. The van der Waals surface area contributed by atoms with Crippen molar-refractivity contribution < 1.29 is 4.79 Å². The lowest BCUT2D eigenvalue weighted by Gasteiger charge is -2.05. The van der Waals surface area contributed by atoms with E-state index in [1.807, 2.05) is 46.4 Å². The molecule has 0 aliphatic rings. The summed E-state index contributed by atoms with van der Waals surface area (Å²) in [6, 6.07) is 14.0. The molecule has 0 radical (unpaired) electrons. The number of rotatable bonds is 5. The molecule has 0 bridgehead atoms. The Morgan fingerprint density at radius 3 is 2.81 bits per heavy atom. The smallest absolute Gasteiger partial charge is 0.224 e. The Morgan fingerprint density at radius 1 is 1.19 bits per heavy atom. The van der Waals surface area contributed by atoms with Gasteiger partial charge < -0.3 is 9.72 Å². The zero-order chi connectivity index (χ0) is 17.9. The van der Waals surface area contributed by atoms with Crippen molar-refractivity contribution in [3.63, 3.8) is 0 Å². The zero-order valence-corrected chi connectivity index (χ0v) is 15.3. The van der Waals surface area contributed by atoms with Gasteiger partial charge in [0.2, 0.25) is 5.91 Å². The first-order valence-electron chi connectivity index (χ1n) is 8.54. The van der Waals surface area contributed by atoms with Crippen LogP contribution in [0, 0.1) is 6.92 Å². The topological polar surface area (TPSA) is 46.4 Å². The Hall–Kier alpha value is -2.92. The van der Waals surface area contributed by atoms with Gasteiger partial charge in [-0.3, -0.25) is 4.79 Å². The van der Waals surface area contributed by atoms with Crippen LogP contribution in [-0.4, -0.2) is 15.3 Å². The fourth-order valence-corrected chi connectivity index (χ4v) is 3.57. The quantitative estimate of drug-likeness (QED) is 0.547. The van der Waals surface area contributed by atoms with Crippen molar-refractivity contribution in [2.24, 2.45) is 0 Å². The molecule has 0 unspecified atom stereocenters. The highest BCUT2D eigenvalue weighted by Crippen LogP contribution is 2.22. The van der Waals surface area contributed by atoms with Crippen LogP contribution in [-0.2, 0) is 11.2 Å². The van der Waals surface area contributed by atoms with E-state index in [0.29, 0.717) is 6.42 Å². The molecule has 0 spiro atoms. The SMILES string of the molecule is Cc1ccn2cc(-c3ccc(NC(=O)CCc4ccsc4)cc3)nc2c1. The second-order valence-corrected chi connectivity index (χ2v) is 7.13. The minimum Gasteiger partial charge on any atom is -0.326 e. The van der Waals surface area contributed by atoms with Crippen molar-refractivity contribution in [2.75, 3.05) is 5.32 Å². The molecule has 4 rings (SSSR count). The number of carbonyl (C=O) groups is 1. The van der Waals surface area contributed by atoms with Crippen LogP contribution < -0.4 is 5.32 Å². The maximum Gasteiger partial charge on any atom is 0.224 e. The predicted molar refractivity (Wildman–Crippen MR) is 107 cm³/mol. The summed E-state index contributed by atoms with van der Waals surface area (Å²) in [6.07, 6.45) is 5.30. The zero-order valence-electron chi connectivity index (χ0n) is 14.5. The van der Waals surface area contributed by atoms with Gasteiger partial charge in [-0.2, -0.15) is 11.3 Å². The van der Waals surface area contributed by atoms with Crippen molar-refractivity contribution in [3.05, 3.63) is 76.7 Å². The average Bonchev–Trinajstić information content (AvgIpc) is 3.29. The molecule has 1 aromatic carbocycles. The van der Waals surface area contributed by atoms with Crippen molar-refractivity contribution in [1.82, 2.24) is 9.38 Å². The fourth-order valence-electron chi connectivity index (χ4n) is 2.86. The summed E-state index contributed by atoms with van der Waals surface area (Å²) in [5, 5.41) is 7.07. The van der Waals surface area contributed by atoms with Gasteiger partial charge in [-0.05, 0) is 65.6 Å². The van der Waals surface area contributed by atoms with Crippen LogP contribution in [0.5, 0.6) is 0 Å². The number of thiophene rings is 1. The second-order valence-electron chi connectivity index (χ2n) is 6.35. The third-order valence-corrected chi connectivity index (χ3v) is 5.03. The summed E-state index contributed by atoms with van der Waals surface area (Å²) in [5.74, 6) is 0.0344. The lowest BCUT2D eigenvalue weighted by Crippen LogP contribution is -2.12. The molecule has 0 saturated heterocycles. The van der Waals surface area contributed by atoms with Gasteiger partial charge in [-0.1, -0.05) is 12.1 Å². The van der Waals surface area contributed by atoms with Gasteiger partial charge in [0, 0.05) is 30.1 Å². The predicted octanol–water partition coefficient (Wildman–Crippen LogP) is 4.94. The number of amides is 1. The van der Waals surface area contributed by atoms with Crippen molar-refractivity contribution in [3.8, 4) is 11.3 Å². The molecule has 4 aromatic rings. The summed E-state index contributed by atoms with van der Waals surface area (Å²) >= 11 is 1.66. The molecular weight excluding hydrogens is 342 g/mol. The van der Waals surface area contributed by atoms with E-state index in [9.17, 15) is 4.79 Å². The summed E-state index contributed by atoms with van der Waals surface area (Å²) < 4.78 is 2.02. The maximum atomic E-state index is 12.1. The van der Waals surface area contributed by atoms with E-state index in [2.05, 4.69) is 40.8 Å². The van der Waals surface area contributed by atoms with Crippen molar-refractivity contribution >= 4 is 28.6 Å². The van der Waals surface area contributed by atoms with E-state index in [0.717, 1.165) is 29.0 Å². The molecule has 130 valence electrons. The number of fused-ring (bicyclic) bond motifs is 1. The molecule has 26 heavy (non-hydrogen) atoms. The number of hydrogen-bond donors (Lipinski definition) is 1. The van der Waals surface area contributed by atoms with Gasteiger partial charge in [0.05, 0.1) is 5.69 Å². The summed E-state index contributed by atoms with van der Waals surface area (Å²) in [4.78, 5) is 16.8. The highest BCUT2D eigenvalue weighted by Gasteiger charge is 2.07. The largest absolute Gasteiger partial charge is 0.326 e. The number of benzene rings is 1. The number of hydrogen-bond acceptors (Lipinski definition) is 3. The molecule has 4 nitrogen and oxygen atoms in total. The highest BCUT2D eigenvalue weighted by atomic mass is 32.1. The van der Waals surface area contributed by atoms with Gasteiger partial charge in [-0.15, -0.1) is 0 Å². The molecule has 0 aliphatic heterocycles. The molecule has 1 N–H and O–H groups in total. The number of nitrogens with zero attached hydrogens (tertiary/aromatic N) is 2. The number of aromatic nitrogens is 2. The van der Waals surface area contributed by atoms with Crippen LogP contribution in [0.1, 0.15) is 17.5 Å². The van der Waals surface area contributed by atoms with Crippen LogP contribution in [0.25, 0.3) is 16.9 Å². The maximum absolute atomic E-state index is 12.1. The molecule has 3 aromatic heterocycles. The summed E-state index contributed by atoms with van der Waals surface area (Å²) in [5.41, 5.74) is 6.10. The Bertz CT molecular complexity index is 1030. The van der Waals surface area contributed by atoms with Gasteiger partial charge >= 0.3 is 0 Å². The van der Waals surface area contributed by atoms with Gasteiger partial charge in [0.15, 0.2) is 0 Å². The molecule has 5 heteroatoms. The number of pyridine rings is 1. The van der Waals surface area contributed by atoms with E-state index in [4.69, 9.17) is 0 Å². The first kappa shape index (κ1) is 16.5. The first-order chi connectivity index (χ1) is 12.7. The van der Waals surface area contributed by atoms with Crippen LogP contribution in [0.4, 0.5) is 5.69 Å². The Balaban J connectivity index is 1.43. The lowest BCUT2D eigenvalue weighted by atomic mass is 10.1. The molecular formula is C21H19N3OS. The Morgan fingerprint density at radius 2 is 2.04 bits per heavy atom. The van der Waals surface area contributed by atoms with Gasteiger partial charge in [-0.25, -0.2) is 4.98 Å². The van der Waals surface area contributed by atoms with Gasteiger partial charge in [0.1, 0.15) is 5.65 Å². The number of imidazole rings is 1. The van der Waals surface area contributed by atoms with Gasteiger partial charge in [0.25, 0.3) is 0 Å². The molecule has 0 atom stereocenters. The highest BCUT2D eigenvalue weighted by molar-refractivity contribution is 7.07. The van der Waals surface area contributed by atoms with Crippen molar-refractivity contribution in [2.45, 2.75) is 19.8 Å². The first-order valence-corrected chi connectivity index (χ1v) is 9.48. The van der Waals surface area contributed by atoms with E-state index in [-0.39, 0.29) is 5.91 Å². The van der Waals surface area contributed by atoms with Crippen LogP contribution in [0.3, 0.4) is 0 Å². The molecule has 3 heterocycles. The normalized spacial score (nSPS) is 11.0. The lowest BCUT2D eigenvalue weighted by molar-refractivity contribution is -0.116. The Labute approximate surface area is 156 Å². The number of aryl methyl sites for hydroxylation is 2. The minimum atomic E-state index is 0.0344. The summed E-state index contributed by atoms with van der Waals surface area (Å²) in [7, 11) is 0. The third kappa shape index (κ3) is 3.68. The van der Waals surface area contributed by atoms with E-state index >= 15 is 0 Å². The summed E-state index contributed by atoms with van der Waals surface area (Å²) in [6.45, 7) is 2.06. The molecule has 0 saturated carbocycles. The Kier molecular flexibility index (Phi) is 4.54. The monoisotopic (exact) mass is 361 g/mol. The van der Waals surface area contributed by atoms with Crippen molar-refractivity contribution in [1.29, 1.82) is 0 Å².